The monoisotopic (exact) mass is 415 g/mol. The summed E-state index contributed by atoms with van der Waals surface area (Å²) in [5.74, 6) is -0.332. The Balaban J connectivity index is 1.57. The van der Waals surface area contributed by atoms with Crippen molar-refractivity contribution in [2.75, 3.05) is 39.9 Å². The van der Waals surface area contributed by atoms with Crippen LogP contribution in [0.25, 0.3) is 0 Å². The van der Waals surface area contributed by atoms with E-state index in [1.54, 1.807) is 11.9 Å². The molecule has 30 heavy (non-hydrogen) atoms. The molecule has 1 saturated heterocycles. The van der Waals surface area contributed by atoms with Crippen molar-refractivity contribution in [1.82, 2.24) is 15.1 Å². The van der Waals surface area contributed by atoms with E-state index in [0.717, 1.165) is 64.0 Å². The molecule has 0 aliphatic carbocycles. The van der Waals surface area contributed by atoms with Gasteiger partial charge in [-0.25, -0.2) is 0 Å². The van der Waals surface area contributed by atoms with E-state index in [1.807, 2.05) is 12.1 Å². The Morgan fingerprint density at radius 3 is 2.77 bits per heavy atom. The van der Waals surface area contributed by atoms with E-state index in [-0.39, 0.29) is 18.2 Å². The van der Waals surface area contributed by atoms with Crippen LogP contribution in [0.3, 0.4) is 0 Å². The Morgan fingerprint density at radius 1 is 1.23 bits per heavy atom. The lowest BCUT2D eigenvalue weighted by Gasteiger charge is -2.26. The number of ether oxygens (including phenoxy) is 1. The number of rotatable bonds is 11. The maximum atomic E-state index is 13.0. The molecule has 7 nitrogen and oxygen atoms in total. The van der Waals surface area contributed by atoms with Crippen LogP contribution in [0.15, 0.2) is 18.2 Å². The van der Waals surface area contributed by atoms with Gasteiger partial charge in [-0.05, 0) is 49.4 Å². The normalized spacial score (nSPS) is 17.6. The van der Waals surface area contributed by atoms with Crippen LogP contribution in [0.5, 0.6) is 0 Å². The molecule has 1 aromatic carbocycles. The minimum Gasteiger partial charge on any atom is -0.379 e. The zero-order valence-corrected chi connectivity index (χ0v) is 17.9. The second-order valence-electron chi connectivity index (χ2n) is 8.02. The Labute approximate surface area is 178 Å². The number of morpholine rings is 1. The number of aldehydes is 1. The standard InChI is InChI=1S/C23H33N3O4/c1-24-22(28)21(10-6-14-27)26-17-20-18(8-5-9-19(20)23(26)29)7-3-2-4-11-25-12-15-30-16-13-25/h5,8-9,14,21H,2-4,6-7,10-13,15-17H2,1H3,(H,24,28). The average Bonchev–Trinajstić information content (AvgIpc) is 3.11. The number of benzene rings is 1. The van der Waals surface area contributed by atoms with E-state index in [2.05, 4.69) is 16.3 Å². The summed E-state index contributed by atoms with van der Waals surface area (Å²) in [5.41, 5.74) is 2.93. The second-order valence-corrected chi connectivity index (χ2v) is 8.02. The van der Waals surface area contributed by atoms with Crippen LogP contribution in [0.1, 0.15) is 53.6 Å². The van der Waals surface area contributed by atoms with Crippen LogP contribution in [0.2, 0.25) is 0 Å². The van der Waals surface area contributed by atoms with Gasteiger partial charge in [0.05, 0.1) is 13.2 Å². The zero-order valence-electron chi connectivity index (χ0n) is 17.9. The lowest BCUT2D eigenvalue weighted by Crippen LogP contribution is -2.46. The number of nitrogens with one attached hydrogen (secondary N) is 1. The summed E-state index contributed by atoms with van der Waals surface area (Å²) >= 11 is 0. The van der Waals surface area contributed by atoms with E-state index in [0.29, 0.717) is 18.5 Å². The number of nitrogens with zero attached hydrogens (tertiary/aromatic N) is 2. The highest BCUT2D eigenvalue weighted by molar-refractivity contribution is 6.01. The summed E-state index contributed by atoms with van der Waals surface area (Å²) in [7, 11) is 1.56. The van der Waals surface area contributed by atoms with Gasteiger partial charge in [0.15, 0.2) is 0 Å². The van der Waals surface area contributed by atoms with Crippen molar-refractivity contribution in [1.29, 1.82) is 0 Å². The molecule has 1 aromatic rings. The van der Waals surface area contributed by atoms with E-state index in [1.165, 1.54) is 12.0 Å². The maximum Gasteiger partial charge on any atom is 0.255 e. The third-order valence-corrected chi connectivity index (χ3v) is 6.10. The first-order valence-corrected chi connectivity index (χ1v) is 11.0. The van der Waals surface area contributed by atoms with Gasteiger partial charge in [-0.3, -0.25) is 14.5 Å². The van der Waals surface area contributed by atoms with Gasteiger partial charge >= 0.3 is 0 Å². The molecule has 1 fully saturated rings. The summed E-state index contributed by atoms with van der Waals surface area (Å²) in [6.07, 6.45) is 5.74. The maximum absolute atomic E-state index is 13.0. The molecule has 2 aliphatic rings. The number of aryl methyl sites for hydroxylation is 1. The van der Waals surface area contributed by atoms with E-state index < -0.39 is 6.04 Å². The van der Waals surface area contributed by atoms with Crippen molar-refractivity contribution in [2.24, 2.45) is 0 Å². The van der Waals surface area contributed by atoms with Crippen molar-refractivity contribution >= 4 is 18.1 Å². The topological polar surface area (TPSA) is 79.0 Å². The van der Waals surface area contributed by atoms with Gasteiger partial charge in [-0.1, -0.05) is 18.6 Å². The first-order valence-electron chi connectivity index (χ1n) is 11.0. The smallest absolute Gasteiger partial charge is 0.255 e. The first kappa shape index (κ1) is 22.4. The fourth-order valence-electron chi connectivity index (χ4n) is 4.38. The van der Waals surface area contributed by atoms with Crippen molar-refractivity contribution in [3.63, 3.8) is 0 Å². The first-order chi connectivity index (χ1) is 14.7. The molecule has 0 spiro atoms. The fourth-order valence-corrected chi connectivity index (χ4v) is 4.38. The lowest BCUT2D eigenvalue weighted by atomic mass is 9.98. The molecule has 2 heterocycles. The molecule has 0 saturated carbocycles. The van der Waals surface area contributed by atoms with Gasteiger partial charge in [-0.2, -0.15) is 0 Å². The SMILES string of the molecule is CNC(=O)C(CCC=O)N1Cc2c(CCCCCN3CCOCC3)cccc2C1=O. The van der Waals surface area contributed by atoms with Crippen molar-refractivity contribution in [2.45, 2.75) is 51.1 Å². The highest BCUT2D eigenvalue weighted by atomic mass is 16.5. The van der Waals surface area contributed by atoms with E-state index >= 15 is 0 Å². The molecule has 2 aliphatic heterocycles. The third kappa shape index (κ3) is 5.46. The molecule has 2 amide bonds. The zero-order chi connectivity index (χ0) is 21.3. The van der Waals surface area contributed by atoms with Crippen LogP contribution >= 0.6 is 0 Å². The van der Waals surface area contributed by atoms with Crippen molar-refractivity contribution in [3.8, 4) is 0 Å². The van der Waals surface area contributed by atoms with Gasteiger partial charge < -0.3 is 19.7 Å². The summed E-state index contributed by atoms with van der Waals surface area (Å²) in [5, 5.41) is 2.63. The minimum atomic E-state index is -0.610. The number of fused-ring (bicyclic) bond motifs is 1. The molecule has 164 valence electrons. The molecule has 1 unspecified atom stereocenters. The molecule has 0 aromatic heterocycles. The van der Waals surface area contributed by atoms with Crippen LogP contribution in [-0.4, -0.2) is 73.8 Å². The van der Waals surface area contributed by atoms with Gasteiger partial charge in [-0.15, -0.1) is 0 Å². The molecule has 0 bridgehead atoms. The molecule has 1 N–H and O–H groups in total. The minimum absolute atomic E-state index is 0.112. The Bertz CT molecular complexity index is 746. The van der Waals surface area contributed by atoms with Crippen molar-refractivity contribution < 1.29 is 19.1 Å². The molecular formula is C23H33N3O4. The average molecular weight is 416 g/mol. The molecule has 3 rings (SSSR count). The molecule has 0 radical (unpaired) electrons. The van der Waals surface area contributed by atoms with Gasteiger partial charge in [0.25, 0.3) is 5.91 Å². The predicted molar refractivity (Wildman–Crippen MR) is 114 cm³/mol. The number of unbranched alkanes of at least 4 members (excludes halogenated alkanes) is 2. The quantitative estimate of drug-likeness (QED) is 0.440. The van der Waals surface area contributed by atoms with Crippen LogP contribution in [0.4, 0.5) is 0 Å². The highest BCUT2D eigenvalue weighted by Gasteiger charge is 2.36. The molecule has 7 heteroatoms. The molecular weight excluding hydrogens is 382 g/mol. The Kier molecular flexibility index (Phi) is 8.39. The second kappa shape index (κ2) is 11.2. The predicted octanol–water partition coefficient (Wildman–Crippen LogP) is 1.78. The summed E-state index contributed by atoms with van der Waals surface area (Å²) in [6.45, 7) is 5.29. The summed E-state index contributed by atoms with van der Waals surface area (Å²) in [6, 6.07) is 5.27. The van der Waals surface area contributed by atoms with Gasteiger partial charge in [0, 0.05) is 38.7 Å². The number of hydrogen-bond donors (Lipinski definition) is 1. The largest absolute Gasteiger partial charge is 0.379 e. The van der Waals surface area contributed by atoms with E-state index in [9.17, 15) is 14.4 Å². The number of carbonyl (C=O) groups is 3. The number of hydrogen-bond acceptors (Lipinski definition) is 5. The Morgan fingerprint density at radius 2 is 2.03 bits per heavy atom. The summed E-state index contributed by atoms with van der Waals surface area (Å²) < 4.78 is 5.39. The summed E-state index contributed by atoms with van der Waals surface area (Å²) in [4.78, 5) is 40.2. The van der Waals surface area contributed by atoms with Crippen LogP contribution in [-0.2, 0) is 27.3 Å². The number of likely N-dealkylation sites (N-methyl/N-ethyl adjacent to an activating group) is 1. The third-order valence-electron chi connectivity index (χ3n) is 6.10. The van der Waals surface area contributed by atoms with Crippen LogP contribution in [0, 0.1) is 0 Å². The lowest BCUT2D eigenvalue weighted by molar-refractivity contribution is -0.125. The van der Waals surface area contributed by atoms with Crippen molar-refractivity contribution in [3.05, 3.63) is 34.9 Å². The molecule has 1 atom stereocenters. The van der Waals surface area contributed by atoms with E-state index in [4.69, 9.17) is 4.74 Å². The van der Waals surface area contributed by atoms with Gasteiger partial charge in [0.2, 0.25) is 5.91 Å². The van der Waals surface area contributed by atoms with Crippen LogP contribution < -0.4 is 5.32 Å². The fraction of sp³-hybridized carbons (Fsp3) is 0.609. The number of carbonyl (C=O) groups excluding carboxylic acids is 3. The highest BCUT2D eigenvalue weighted by Crippen LogP contribution is 2.29. The number of amides is 2. The van der Waals surface area contributed by atoms with Gasteiger partial charge in [0.1, 0.15) is 12.3 Å². The Hall–Kier alpha value is -2.25.